The molecule has 0 saturated heterocycles. The molecule has 2 heteroatoms. The summed E-state index contributed by atoms with van der Waals surface area (Å²) in [7, 11) is 0. The van der Waals surface area contributed by atoms with Crippen molar-refractivity contribution >= 4 is 5.69 Å². The van der Waals surface area contributed by atoms with Gasteiger partial charge in [0, 0.05) is 25.3 Å². The highest BCUT2D eigenvalue weighted by molar-refractivity contribution is 5.58. The van der Waals surface area contributed by atoms with Crippen LogP contribution in [0.5, 0.6) is 0 Å². The molecule has 1 N–H and O–H groups in total. The lowest BCUT2D eigenvalue weighted by Crippen LogP contribution is -2.27. The van der Waals surface area contributed by atoms with E-state index in [0.29, 0.717) is 0 Å². The predicted molar refractivity (Wildman–Crippen MR) is 83.0 cm³/mol. The molecule has 0 bridgehead atoms. The zero-order valence-electron chi connectivity index (χ0n) is 11.7. The number of fused-ring (bicyclic) bond motifs is 2. The van der Waals surface area contributed by atoms with Gasteiger partial charge in [-0.25, -0.2) is 0 Å². The molecule has 0 spiro atoms. The summed E-state index contributed by atoms with van der Waals surface area (Å²) in [6, 6.07) is 15.6. The zero-order chi connectivity index (χ0) is 13.4. The van der Waals surface area contributed by atoms with Crippen molar-refractivity contribution in [2.75, 3.05) is 18.0 Å². The Hall–Kier alpha value is -1.80. The third-order valence-electron chi connectivity index (χ3n) is 4.58. The van der Waals surface area contributed by atoms with Crippen molar-refractivity contribution in [3.05, 3.63) is 64.7 Å². The van der Waals surface area contributed by atoms with Gasteiger partial charge in [0.15, 0.2) is 0 Å². The Labute approximate surface area is 120 Å². The summed E-state index contributed by atoms with van der Waals surface area (Å²) in [5.41, 5.74) is 7.51. The first-order valence-electron chi connectivity index (χ1n) is 7.55. The minimum absolute atomic E-state index is 1.03. The van der Waals surface area contributed by atoms with Gasteiger partial charge in [-0.2, -0.15) is 0 Å². The maximum atomic E-state index is 3.46. The lowest BCUT2D eigenvalue weighted by atomic mass is 9.95. The highest BCUT2D eigenvalue weighted by atomic mass is 15.1. The fraction of sp³-hybridized carbons (Fsp3) is 0.333. The van der Waals surface area contributed by atoms with Crippen LogP contribution >= 0.6 is 0 Å². The third-order valence-corrected chi connectivity index (χ3v) is 4.58. The van der Waals surface area contributed by atoms with Crippen LogP contribution in [0, 0.1) is 0 Å². The summed E-state index contributed by atoms with van der Waals surface area (Å²) in [4.78, 5) is 2.53. The molecular formula is C18H20N2. The monoisotopic (exact) mass is 264 g/mol. The highest BCUT2D eigenvalue weighted by Gasteiger charge is 2.20. The fourth-order valence-electron chi connectivity index (χ4n) is 3.54. The van der Waals surface area contributed by atoms with Crippen molar-refractivity contribution in [3.63, 3.8) is 0 Å². The van der Waals surface area contributed by atoms with Gasteiger partial charge in [0.25, 0.3) is 0 Å². The molecule has 2 aliphatic rings. The van der Waals surface area contributed by atoms with Crippen molar-refractivity contribution < 1.29 is 0 Å². The van der Waals surface area contributed by atoms with Crippen LogP contribution in [0.1, 0.15) is 22.3 Å². The van der Waals surface area contributed by atoms with Crippen LogP contribution in [-0.4, -0.2) is 13.1 Å². The van der Waals surface area contributed by atoms with Crippen LogP contribution in [0.15, 0.2) is 42.5 Å². The Morgan fingerprint density at radius 1 is 0.950 bits per heavy atom. The molecule has 0 saturated carbocycles. The summed E-state index contributed by atoms with van der Waals surface area (Å²) < 4.78 is 0. The number of hydrogen-bond donors (Lipinski definition) is 1. The molecule has 0 amide bonds. The van der Waals surface area contributed by atoms with Crippen molar-refractivity contribution in [2.24, 2.45) is 0 Å². The number of hydrogen-bond acceptors (Lipinski definition) is 2. The van der Waals surface area contributed by atoms with Gasteiger partial charge < -0.3 is 10.2 Å². The van der Waals surface area contributed by atoms with E-state index in [-0.39, 0.29) is 0 Å². The molecule has 4 rings (SSSR count). The number of benzene rings is 2. The topological polar surface area (TPSA) is 15.3 Å². The van der Waals surface area contributed by atoms with Crippen LogP contribution in [0.2, 0.25) is 0 Å². The lowest BCUT2D eigenvalue weighted by molar-refractivity contribution is 0.636. The minimum Gasteiger partial charge on any atom is -0.367 e. The number of anilines is 1. The summed E-state index contributed by atoms with van der Waals surface area (Å²) >= 11 is 0. The van der Waals surface area contributed by atoms with Crippen molar-refractivity contribution in [3.8, 4) is 0 Å². The smallest absolute Gasteiger partial charge is 0.0432 e. The molecule has 2 aliphatic heterocycles. The number of nitrogens with zero attached hydrogens (tertiary/aromatic N) is 1. The summed E-state index contributed by atoms with van der Waals surface area (Å²) in [5.74, 6) is 0. The molecule has 0 atom stereocenters. The SMILES string of the molecule is c1ccc2c(c1)CCN2Cc1cccc2c1CCNC2. The molecule has 0 aromatic heterocycles. The van der Waals surface area contributed by atoms with E-state index in [1.807, 2.05) is 0 Å². The van der Waals surface area contributed by atoms with E-state index in [1.54, 1.807) is 5.56 Å². The molecule has 2 aromatic rings. The van der Waals surface area contributed by atoms with Crippen LogP contribution in [0.3, 0.4) is 0 Å². The first-order chi connectivity index (χ1) is 9.92. The number of rotatable bonds is 2. The Balaban J connectivity index is 1.65. The first kappa shape index (κ1) is 12.0. The second-order valence-electron chi connectivity index (χ2n) is 5.78. The summed E-state index contributed by atoms with van der Waals surface area (Å²) in [6.07, 6.45) is 2.35. The lowest BCUT2D eigenvalue weighted by Gasteiger charge is -2.25. The first-order valence-corrected chi connectivity index (χ1v) is 7.55. The van der Waals surface area contributed by atoms with Gasteiger partial charge >= 0.3 is 0 Å². The van der Waals surface area contributed by atoms with Gasteiger partial charge in [0.1, 0.15) is 0 Å². The number of para-hydroxylation sites is 1. The molecule has 0 fully saturated rings. The maximum Gasteiger partial charge on any atom is 0.0432 e. The van der Waals surface area contributed by atoms with E-state index >= 15 is 0 Å². The molecule has 2 nitrogen and oxygen atoms in total. The predicted octanol–water partition coefficient (Wildman–Crippen LogP) is 2.90. The molecule has 0 unspecified atom stereocenters. The molecule has 2 aromatic carbocycles. The molecule has 2 heterocycles. The van der Waals surface area contributed by atoms with Crippen LogP contribution in [0.4, 0.5) is 5.69 Å². The normalized spacial score (nSPS) is 16.9. The van der Waals surface area contributed by atoms with Gasteiger partial charge in [-0.15, -0.1) is 0 Å². The molecule has 102 valence electrons. The van der Waals surface area contributed by atoms with Crippen molar-refractivity contribution in [2.45, 2.75) is 25.9 Å². The summed E-state index contributed by atoms with van der Waals surface area (Å²) in [5, 5.41) is 3.46. The van der Waals surface area contributed by atoms with Gasteiger partial charge in [-0.05, 0) is 47.7 Å². The second-order valence-corrected chi connectivity index (χ2v) is 5.78. The molecule has 0 radical (unpaired) electrons. The molecular weight excluding hydrogens is 244 g/mol. The Kier molecular flexibility index (Phi) is 2.96. The van der Waals surface area contributed by atoms with E-state index in [4.69, 9.17) is 0 Å². The van der Waals surface area contributed by atoms with Crippen LogP contribution < -0.4 is 10.2 Å². The van der Waals surface area contributed by atoms with E-state index in [0.717, 1.165) is 26.2 Å². The molecule has 0 aliphatic carbocycles. The Bertz CT molecular complexity index is 633. The van der Waals surface area contributed by atoms with Crippen molar-refractivity contribution in [1.29, 1.82) is 0 Å². The standard InChI is InChI=1S/C18H20N2/c1-2-7-18-14(4-1)9-11-20(18)13-16-6-3-5-15-12-19-10-8-17(15)16/h1-7,19H,8-13H2. The average Bonchev–Trinajstić information content (AvgIpc) is 2.91. The zero-order valence-corrected chi connectivity index (χ0v) is 11.7. The van der Waals surface area contributed by atoms with Gasteiger partial charge in [-0.3, -0.25) is 0 Å². The fourth-order valence-corrected chi connectivity index (χ4v) is 3.54. The Morgan fingerprint density at radius 3 is 2.85 bits per heavy atom. The van der Waals surface area contributed by atoms with E-state index in [2.05, 4.69) is 52.7 Å². The average molecular weight is 264 g/mol. The van der Waals surface area contributed by atoms with Gasteiger partial charge in [0.05, 0.1) is 0 Å². The largest absolute Gasteiger partial charge is 0.367 e. The maximum absolute atomic E-state index is 3.46. The minimum atomic E-state index is 1.03. The number of nitrogens with one attached hydrogen (secondary N) is 1. The van der Waals surface area contributed by atoms with Crippen molar-refractivity contribution in [1.82, 2.24) is 5.32 Å². The van der Waals surface area contributed by atoms with E-state index in [9.17, 15) is 0 Å². The Morgan fingerprint density at radius 2 is 1.85 bits per heavy atom. The van der Waals surface area contributed by atoms with Gasteiger partial charge in [-0.1, -0.05) is 36.4 Å². The van der Waals surface area contributed by atoms with Crippen LogP contribution in [0.25, 0.3) is 0 Å². The highest BCUT2D eigenvalue weighted by Crippen LogP contribution is 2.30. The second kappa shape index (κ2) is 4.95. The van der Waals surface area contributed by atoms with Gasteiger partial charge in [0.2, 0.25) is 0 Å². The quantitative estimate of drug-likeness (QED) is 0.897. The van der Waals surface area contributed by atoms with E-state index in [1.165, 1.54) is 35.2 Å². The molecule has 20 heavy (non-hydrogen) atoms. The van der Waals surface area contributed by atoms with Crippen LogP contribution in [-0.2, 0) is 25.9 Å². The third kappa shape index (κ3) is 2.01. The van der Waals surface area contributed by atoms with E-state index < -0.39 is 0 Å². The summed E-state index contributed by atoms with van der Waals surface area (Å²) in [6.45, 7) is 4.35.